The summed E-state index contributed by atoms with van der Waals surface area (Å²) in [7, 11) is 0. The summed E-state index contributed by atoms with van der Waals surface area (Å²) in [5.41, 5.74) is 2.26. The van der Waals surface area contributed by atoms with Gasteiger partial charge in [-0.15, -0.1) is 0 Å². The Bertz CT molecular complexity index is 383. The smallest absolute Gasteiger partial charge is 0.298 e. The third-order valence-electron chi connectivity index (χ3n) is 3.50. The number of aryl methyl sites for hydroxylation is 1. The molecule has 4 heteroatoms. The molecule has 0 amide bonds. The van der Waals surface area contributed by atoms with Gasteiger partial charge in [0.2, 0.25) is 0 Å². The summed E-state index contributed by atoms with van der Waals surface area (Å²) in [6.07, 6.45) is -3.14. The summed E-state index contributed by atoms with van der Waals surface area (Å²) in [6, 6.07) is 7.99. The van der Waals surface area contributed by atoms with E-state index >= 15 is 0 Å². The Morgan fingerprint density at radius 3 is 2.50 bits per heavy atom. The van der Waals surface area contributed by atoms with Crippen molar-refractivity contribution in [3.05, 3.63) is 35.4 Å². The molecule has 1 aliphatic rings. The Balaban J connectivity index is 1.95. The highest BCUT2D eigenvalue weighted by Crippen LogP contribution is 2.33. The number of benzene rings is 1. The Labute approximate surface area is 106 Å². The molecule has 0 radical (unpaired) electrons. The second-order valence-electron chi connectivity index (χ2n) is 5.10. The fraction of sp³-hybridized carbons (Fsp3) is 0.571. The van der Waals surface area contributed by atoms with Crippen LogP contribution >= 0.6 is 0 Å². The Kier molecular flexibility index (Phi) is 3.95. The van der Waals surface area contributed by atoms with Crippen molar-refractivity contribution in [2.45, 2.75) is 32.5 Å². The van der Waals surface area contributed by atoms with Gasteiger partial charge in [0.25, 0.3) is 0 Å². The van der Waals surface area contributed by atoms with E-state index in [1.165, 1.54) is 5.56 Å². The van der Waals surface area contributed by atoms with Crippen molar-refractivity contribution in [2.24, 2.45) is 5.92 Å². The lowest BCUT2D eigenvalue weighted by Gasteiger charge is -2.33. The lowest BCUT2D eigenvalue weighted by molar-refractivity contribution is -0.187. The minimum absolute atomic E-state index is 0.136. The van der Waals surface area contributed by atoms with Gasteiger partial charge in [-0.2, -0.15) is 13.2 Å². The van der Waals surface area contributed by atoms with Gasteiger partial charge >= 0.3 is 6.18 Å². The van der Waals surface area contributed by atoms with E-state index in [4.69, 9.17) is 0 Å². The average molecular weight is 257 g/mol. The van der Waals surface area contributed by atoms with Crippen LogP contribution < -0.4 is 0 Å². The fourth-order valence-corrected chi connectivity index (χ4v) is 2.42. The van der Waals surface area contributed by atoms with E-state index in [1.807, 2.05) is 36.1 Å². The number of halogens is 3. The number of nitrogens with zero attached hydrogens (tertiary/aromatic N) is 1. The third kappa shape index (κ3) is 3.48. The van der Waals surface area contributed by atoms with Gasteiger partial charge in [0, 0.05) is 13.1 Å². The summed E-state index contributed by atoms with van der Waals surface area (Å²) < 4.78 is 38.0. The molecule has 0 aromatic heterocycles. The molecule has 1 nitrogen and oxygen atoms in total. The standard InChI is InChI=1S/C14H18F3N/c1-11-4-6-12(7-5-11)9-18-8-2-3-13(10-18)14(15,16)17/h4-7,13H,2-3,8-10H2,1H3. The molecule has 1 heterocycles. The van der Waals surface area contributed by atoms with Crippen LogP contribution in [0.3, 0.4) is 0 Å². The maximum atomic E-state index is 12.7. The van der Waals surface area contributed by atoms with E-state index in [0.29, 0.717) is 13.0 Å². The van der Waals surface area contributed by atoms with Crippen LogP contribution in [0.15, 0.2) is 24.3 Å². The molecule has 1 fully saturated rings. The van der Waals surface area contributed by atoms with Gasteiger partial charge in [-0.25, -0.2) is 0 Å². The lowest BCUT2D eigenvalue weighted by Crippen LogP contribution is -2.41. The van der Waals surface area contributed by atoms with Crippen LogP contribution in [-0.4, -0.2) is 24.2 Å². The molecule has 1 aromatic rings. The Morgan fingerprint density at radius 2 is 1.89 bits per heavy atom. The third-order valence-corrected chi connectivity index (χ3v) is 3.50. The maximum Gasteiger partial charge on any atom is 0.393 e. The highest BCUT2D eigenvalue weighted by atomic mass is 19.4. The highest BCUT2D eigenvalue weighted by molar-refractivity contribution is 5.21. The number of alkyl halides is 3. The van der Waals surface area contributed by atoms with Crippen molar-refractivity contribution in [2.75, 3.05) is 13.1 Å². The van der Waals surface area contributed by atoms with Gasteiger partial charge in [0.05, 0.1) is 5.92 Å². The molecular formula is C14H18F3N. The molecule has 1 unspecified atom stereocenters. The van der Waals surface area contributed by atoms with Crippen LogP contribution in [0.2, 0.25) is 0 Å². The van der Waals surface area contributed by atoms with E-state index in [0.717, 1.165) is 12.1 Å². The average Bonchev–Trinajstić information content (AvgIpc) is 2.31. The predicted molar refractivity (Wildman–Crippen MR) is 65.2 cm³/mol. The Hall–Kier alpha value is -1.03. The van der Waals surface area contributed by atoms with Gasteiger partial charge < -0.3 is 0 Å². The number of likely N-dealkylation sites (tertiary alicyclic amines) is 1. The first-order valence-corrected chi connectivity index (χ1v) is 6.30. The van der Waals surface area contributed by atoms with Crippen LogP contribution in [0.1, 0.15) is 24.0 Å². The normalized spacial score (nSPS) is 22.1. The van der Waals surface area contributed by atoms with Gasteiger partial charge in [0.1, 0.15) is 0 Å². The van der Waals surface area contributed by atoms with Crippen molar-refractivity contribution in [1.82, 2.24) is 4.90 Å². The molecule has 0 bridgehead atoms. The number of hydrogen-bond donors (Lipinski definition) is 0. The van der Waals surface area contributed by atoms with Crippen LogP contribution in [0.25, 0.3) is 0 Å². The van der Waals surface area contributed by atoms with E-state index in [2.05, 4.69) is 0 Å². The molecule has 1 saturated heterocycles. The van der Waals surface area contributed by atoms with E-state index in [1.54, 1.807) is 0 Å². The zero-order chi connectivity index (χ0) is 13.2. The Morgan fingerprint density at radius 1 is 1.22 bits per heavy atom. The second-order valence-corrected chi connectivity index (χ2v) is 5.10. The van der Waals surface area contributed by atoms with Gasteiger partial charge in [-0.05, 0) is 31.9 Å². The summed E-state index contributed by atoms with van der Waals surface area (Å²) in [5, 5.41) is 0. The molecule has 0 spiro atoms. The van der Waals surface area contributed by atoms with Gasteiger partial charge in [0.15, 0.2) is 0 Å². The van der Waals surface area contributed by atoms with E-state index < -0.39 is 12.1 Å². The van der Waals surface area contributed by atoms with Crippen molar-refractivity contribution in [1.29, 1.82) is 0 Å². The molecule has 18 heavy (non-hydrogen) atoms. The van der Waals surface area contributed by atoms with Crippen LogP contribution in [0, 0.1) is 12.8 Å². The zero-order valence-corrected chi connectivity index (χ0v) is 10.5. The van der Waals surface area contributed by atoms with Crippen molar-refractivity contribution in [3.8, 4) is 0 Å². The van der Waals surface area contributed by atoms with Crippen LogP contribution in [-0.2, 0) is 6.54 Å². The van der Waals surface area contributed by atoms with Gasteiger partial charge in [-0.1, -0.05) is 29.8 Å². The molecule has 1 atom stereocenters. The van der Waals surface area contributed by atoms with E-state index in [9.17, 15) is 13.2 Å². The summed E-state index contributed by atoms with van der Waals surface area (Å²) in [5.74, 6) is -1.16. The first-order valence-electron chi connectivity index (χ1n) is 6.30. The second kappa shape index (κ2) is 5.31. The van der Waals surface area contributed by atoms with Crippen LogP contribution in [0.5, 0.6) is 0 Å². The molecular weight excluding hydrogens is 239 g/mol. The monoisotopic (exact) mass is 257 g/mol. The molecule has 0 saturated carbocycles. The van der Waals surface area contributed by atoms with Gasteiger partial charge in [-0.3, -0.25) is 4.90 Å². The number of hydrogen-bond acceptors (Lipinski definition) is 1. The first-order chi connectivity index (χ1) is 8.45. The van der Waals surface area contributed by atoms with E-state index in [-0.39, 0.29) is 13.0 Å². The predicted octanol–water partition coefficient (Wildman–Crippen LogP) is 3.77. The molecule has 0 N–H and O–H groups in total. The number of rotatable bonds is 2. The lowest BCUT2D eigenvalue weighted by atomic mass is 9.97. The summed E-state index contributed by atoms with van der Waals surface area (Å²) >= 11 is 0. The van der Waals surface area contributed by atoms with Crippen molar-refractivity contribution >= 4 is 0 Å². The summed E-state index contributed by atoms with van der Waals surface area (Å²) in [4.78, 5) is 1.91. The minimum atomic E-state index is -4.05. The fourth-order valence-electron chi connectivity index (χ4n) is 2.42. The molecule has 1 aromatic carbocycles. The minimum Gasteiger partial charge on any atom is -0.298 e. The molecule has 100 valence electrons. The molecule has 0 aliphatic carbocycles. The molecule has 1 aliphatic heterocycles. The summed E-state index contributed by atoms with van der Waals surface area (Å²) in [6.45, 7) is 3.52. The largest absolute Gasteiger partial charge is 0.393 e. The van der Waals surface area contributed by atoms with Crippen molar-refractivity contribution < 1.29 is 13.2 Å². The quantitative estimate of drug-likeness (QED) is 0.779. The highest BCUT2D eigenvalue weighted by Gasteiger charge is 2.41. The topological polar surface area (TPSA) is 3.24 Å². The zero-order valence-electron chi connectivity index (χ0n) is 10.5. The SMILES string of the molecule is Cc1ccc(CN2CCCC(C(F)(F)F)C2)cc1. The van der Waals surface area contributed by atoms with Crippen molar-refractivity contribution in [3.63, 3.8) is 0 Å². The first kappa shape index (κ1) is 13.4. The maximum absolute atomic E-state index is 12.7. The van der Waals surface area contributed by atoms with Crippen LogP contribution in [0.4, 0.5) is 13.2 Å². The number of piperidine rings is 1. The molecule has 2 rings (SSSR count).